The predicted molar refractivity (Wildman–Crippen MR) is 215 cm³/mol. The van der Waals surface area contributed by atoms with Crippen LogP contribution in [0.3, 0.4) is 0 Å². The highest BCUT2D eigenvalue weighted by atomic mass is 31.1. The van der Waals surface area contributed by atoms with E-state index in [1.54, 1.807) is 24.3 Å². The molecule has 1 amide bonds. The monoisotopic (exact) mass is 850 g/mol. The van der Waals surface area contributed by atoms with Crippen LogP contribution in [0.4, 0.5) is 14.6 Å². The summed E-state index contributed by atoms with van der Waals surface area (Å²) in [6.07, 6.45) is 0.345. The zero-order valence-corrected chi connectivity index (χ0v) is 35.5. The molecule has 312 valence electrons. The van der Waals surface area contributed by atoms with E-state index in [1.807, 2.05) is 59.0 Å². The van der Waals surface area contributed by atoms with Crippen LogP contribution in [0.2, 0.25) is 18.1 Å². The van der Waals surface area contributed by atoms with Crippen LogP contribution in [0.25, 0.3) is 22.3 Å². The fourth-order valence-corrected chi connectivity index (χ4v) is 9.46. The summed E-state index contributed by atoms with van der Waals surface area (Å²) in [7, 11) is -5.58. The Bertz CT molecular complexity index is 2360. The van der Waals surface area contributed by atoms with Gasteiger partial charge in [0.1, 0.15) is 37.0 Å². The number of nitrogens with zero attached hydrogens (tertiary/aromatic N) is 9. The molecule has 3 aliphatic rings. The smallest absolute Gasteiger partial charge is 0.408 e. The van der Waals surface area contributed by atoms with Gasteiger partial charge < -0.3 is 13.9 Å². The van der Waals surface area contributed by atoms with Gasteiger partial charge in [-0.05, 0) is 49.5 Å². The molecular formula is C39H47F2N9O7PSi+. The second-order valence-corrected chi connectivity index (χ2v) is 22.0. The normalized spacial score (nSPS) is 28.4. The number of hydrogen-bond acceptors (Lipinski definition) is 13. The van der Waals surface area contributed by atoms with Crippen molar-refractivity contribution >= 4 is 50.6 Å². The lowest BCUT2D eigenvalue weighted by Crippen LogP contribution is -2.49. The van der Waals surface area contributed by atoms with E-state index in [9.17, 15) is 9.36 Å². The van der Waals surface area contributed by atoms with E-state index in [0.29, 0.717) is 41.7 Å². The van der Waals surface area contributed by atoms with E-state index in [-0.39, 0.29) is 34.5 Å². The van der Waals surface area contributed by atoms with Crippen LogP contribution >= 0.6 is 8.25 Å². The van der Waals surface area contributed by atoms with Gasteiger partial charge in [-0.25, -0.2) is 38.7 Å². The number of rotatable bonds is 4. The number of fused-ring (bicyclic) bond motifs is 6. The van der Waals surface area contributed by atoms with Crippen LogP contribution < -0.4 is 4.90 Å². The second-order valence-electron chi connectivity index (χ2n) is 16.3. The molecule has 2 fully saturated rings. The summed E-state index contributed by atoms with van der Waals surface area (Å²) in [6, 6.07) is 8.79. The van der Waals surface area contributed by atoms with Gasteiger partial charge in [0.15, 0.2) is 61.8 Å². The Labute approximate surface area is 341 Å². The molecule has 9 atom stereocenters. The lowest BCUT2D eigenvalue weighted by molar-refractivity contribution is -0.0434. The van der Waals surface area contributed by atoms with Gasteiger partial charge in [-0.1, -0.05) is 58.0 Å². The van der Waals surface area contributed by atoms with Crippen LogP contribution in [0.5, 0.6) is 0 Å². The molecule has 12 bridgehead atoms. The minimum atomic E-state index is -2.95. The zero-order chi connectivity index (χ0) is 41.6. The summed E-state index contributed by atoms with van der Waals surface area (Å²) in [5, 5.41) is -0.296. The second kappa shape index (κ2) is 16.5. The summed E-state index contributed by atoms with van der Waals surface area (Å²) < 4.78 is 80.3. The molecule has 0 N–H and O–H groups in total. The third-order valence-electron chi connectivity index (χ3n) is 11.6. The van der Waals surface area contributed by atoms with Gasteiger partial charge in [-0.15, -0.1) is 9.05 Å². The number of benzene rings is 1. The van der Waals surface area contributed by atoms with E-state index in [0.717, 1.165) is 0 Å². The first-order chi connectivity index (χ1) is 28.3. The quantitative estimate of drug-likeness (QED) is 0.102. The van der Waals surface area contributed by atoms with Crippen molar-refractivity contribution < 1.29 is 41.1 Å². The number of imidazole rings is 2. The van der Waals surface area contributed by atoms with Crippen molar-refractivity contribution in [2.45, 2.75) is 114 Å². The summed E-state index contributed by atoms with van der Waals surface area (Å²) in [6.45, 7) is 11.6. The third-order valence-corrected chi connectivity index (χ3v) is 16.8. The molecule has 2 unspecified atom stereocenters. The Kier molecular flexibility index (Phi) is 11.5. The van der Waals surface area contributed by atoms with Gasteiger partial charge in [0.2, 0.25) is 0 Å². The molecule has 1 aromatic carbocycles. The number of ether oxygens (including phenoxy) is 2. The van der Waals surface area contributed by atoms with Crippen molar-refractivity contribution in [1.82, 2.24) is 39.0 Å². The molecule has 0 saturated carbocycles. The summed E-state index contributed by atoms with van der Waals surface area (Å²) in [4.78, 5) is 42.6. The van der Waals surface area contributed by atoms with E-state index in [2.05, 4.69) is 29.9 Å². The van der Waals surface area contributed by atoms with Gasteiger partial charge in [0.25, 0.3) is 5.91 Å². The van der Waals surface area contributed by atoms with E-state index >= 15 is 8.78 Å². The Morgan fingerprint density at radius 2 is 1.59 bits per heavy atom. The summed E-state index contributed by atoms with van der Waals surface area (Å²) in [5.41, 5.74) is 2.37. The van der Waals surface area contributed by atoms with Gasteiger partial charge in [0, 0.05) is 16.7 Å². The van der Waals surface area contributed by atoms with Crippen LogP contribution in [-0.2, 0) is 33.9 Å². The van der Waals surface area contributed by atoms with Crippen LogP contribution in [0, 0.1) is 0 Å². The number of anilines is 1. The highest BCUT2D eigenvalue weighted by Gasteiger charge is 2.55. The van der Waals surface area contributed by atoms with Crippen molar-refractivity contribution in [2.24, 2.45) is 0 Å². The van der Waals surface area contributed by atoms with Crippen molar-refractivity contribution in [3.63, 3.8) is 0 Å². The van der Waals surface area contributed by atoms with Gasteiger partial charge >= 0.3 is 8.25 Å². The highest BCUT2D eigenvalue weighted by Crippen LogP contribution is 2.45. The molecule has 0 spiro atoms. The lowest BCUT2D eigenvalue weighted by Gasteiger charge is -2.39. The maximum absolute atomic E-state index is 17.0. The third kappa shape index (κ3) is 7.85. The average molecular weight is 851 g/mol. The molecule has 16 nitrogen and oxygen atoms in total. The first kappa shape index (κ1) is 41.2. The molecule has 5 aromatic rings. The number of aryl methyl sites for hydroxylation is 1. The lowest BCUT2D eigenvalue weighted by atomic mass is 10.1. The summed E-state index contributed by atoms with van der Waals surface area (Å²) >= 11 is 0. The van der Waals surface area contributed by atoms with Gasteiger partial charge in [0.05, 0.1) is 24.5 Å². The minimum absolute atomic E-state index is 0.116. The maximum atomic E-state index is 17.0. The van der Waals surface area contributed by atoms with E-state index in [4.69, 9.17) is 22.9 Å². The van der Waals surface area contributed by atoms with Crippen molar-refractivity contribution in [3.8, 4) is 0 Å². The molecule has 3 aliphatic heterocycles. The van der Waals surface area contributed by atoms with Gasteiger partial charge in [-0.3, -0.25) is 18.8 Å². The largest absolute Gasteiger partial charge is 0.697 e. The standard InChI is InChI=1S/C39H47F2N9O7PSi/c1-7-25-31-27(40)37(54-25)49-21-46-29-24(42-19-43-33(29)49)16-12-9-13-17-48(36(51)23-14-10-8-11-15-23)34-30-35(45-20-44-34)50(22-47-30)38-28(41)32(57-59(5,6)39(2,3)4)26(55-38)18-53-58(52)56-31/h8-11,13-15,19-22,25-28,31-32,37-38H,7,12,16-18H2,1-6H3/q+1/b13-9+/t25-,26-,27-,28-,31-,32-,37-,38?/m1/s1. The predicted octanol–water partition coefficient (Wildman–Crippen LogP) is 7.15. The fourth-order valence-electron chi connectivity index (χ4n) is 7.36. The number of allylic oxidation sites excluding steroid dienone is 1. The molecule has 59 heavy (non-hydrogen) atoms. The van der Waals surface area contributed by atoms with Crippen LogP contribution in [0.1, 0.15) is 69.0 Å². The molecular weight excluding hydrogens is 804 g/mol. The SMILES string of the molecule is CC[C@H]1O[C@@H]2[C@H](F)[C@@H]1O[P+](=O)OC[C@H]1OC([C@H](F)[C@@H]1O[Si](C)(C)C(C)(C)C)n1cnc3c(ncnc31)N(C(=O)c1ccccc1)C/C=C/CCc1ncnc3c1ncn32. The Morgan fingerprint density at radius 1 is 0.915 bits per heavy atom. The van der Waals surface area contributed by atoms with E-state index in [1.165, 1.54) is 39.3 Å². The Balaban J connectivity index is 1.19. The Hall–Kier alpha value is -4.49. The number of aromatic nitrogens is 8. The average Bonchev–Trinajstić information content (AvgIpc) is 3.99. The zero-order valence-electron chi connectivity index (χ0n) is 33.6. The molecule has 7 heterocycles. The fraction of sp³-hybridized carbons (Fsp3) is 0.513. The summed E-state index contributed by atoms with van der Waals surface area (Å²) in [5.74, 6) is -0.117. The molecule has 8 rings (SSSR count). The molecule has 0 radical (unpaired) electrons. The molecule has 4 aromatic heterocycles. The number of hydrogen-bond donors (Lipinski definition) is 0. The minimum Gasteiger partial charge on any atom is -0.408 e. The first-order valence-electron chi connectivity index (χ1n) is 19.7. The molecule has 0 aliphatic carbocycles. The molecule has 20 heteroatoms. The number of amides is 1. The van der Waals surface area contributed by atoms with E-state index < -0.39 is 72.4 Å². The first-order valence-corrected chi connectivity index (χ1v) is 23.7. The van der Waals surface area contributed by atoms with Crippen molar-refractivity contribution in [1.29, 1.82) is 0 Å². The molecule has 2 saturated heterocycles. The maximum Gasteiger partial charge on any atom is 0.697 e. The topological polar surface area (TPSA) is 171 Å². The van der Waals surface area contributed by atoms with Crippen molar-refractivity contribution in [2.75, 3.05) is 18.1 Å². The Morgan fingerprint density at radius 3 is 2.31 bits per heavy atom. The van der Waals surface area contributed by atoms with Crippen LogP contribution in [-0.4, -0.2) is 103 Å². The number of alkyl halides is 2. The van der Waals surface area contributed by atoms with Crippen molar-refractivity contribution in [3.05, 3.63) is 79.1 Å². The van der Waals surface area contributed by atoms with Gasteiger partial charge in [-0.2, -0.15) is 0 Å². The van der Waals surface area contributed by atoms with Crippen LogP contribution in [0.15, 0.2) is 67.8 Å². The number of carbonyl (C=O) groups is 1. The number of carbonyl (C=O) groups excluding carboxylic acids is 1. The highest BCUT2D eigenvalue weighted by molar-refractivity contribution is 7.33. The number of halogens is 2.